The molecule has 1 aliphatic carbocycles. The van der Waals surface area contributed by atoms with E-state index in [2.05, 4.69) is 34.4 Å². The molecule has 2 unspecified atom stereocenters. The maximum Gasteiger partial charge on any atom is 0.260 e. The molecule has 12 heteroatoms. The molecule has 4 fully saturated rings. The summed E-state index contributed by atoms with van der Waals surface area (Å²) in [5.74, 6) is 1.04. The summed E-state index contributed by atoms with van der Waals surface area (Å²) in [6, 6.07) is 4.65. The summed E-state index contributed by atoms with van der Waals surface area (Å²) in [4.78, 5) is 18.6. The number of anilines is 1. The molecule has 1 aromatic carbocycles. The van der Waals surface area contributed by atoms with Crippen molar-refractivity contribution in [1.82, 2.24) is 29.4 Å². The number of ether oxygens (including phenoxy) is 2. The van der Waals surface area contributed by atoms with E-state index in [0.717, 1.165) is 91.9 Å². The molecule has 0 radical (unpaired) electrons. The molecule has 0 bridgehead atoms. The molecule has 3 saturated heterocycles. The van der Waals surface area contributed by atoms with Gasteiger partial charge in [0.2, 0.25) is 5.91 Å². The maximum absolute atomic E-state index is 12.1. The second kappa shape index (κ2) is 11.7. The first-order valence-corrected chi connectivity index (χ1v) is 17.5. The monoisotopic (exact) mass is 667 g/mol. The summed E-state index contributed by atoms with van der Waals surface area (Å²) in [5, 5.41) is 12.5. The molecule has 10 nitrogen and oxygen atoms in total. The first kappa shape index (κ1) is 31.7. The third-order valence-electron chi connectivity index (χ3n) is 10.7. The molecule has 2 atom stereocenters. The van der Waals surface area contributed by atoms with Crippen LogP contribution in [0.2, 0.25) is 5.02 Å². The van der Waals surface area contributed by atoms with Crippen LogP contribution in [0.15, 0.2) is 18.3 Å². The van der Waals surface area contributed by atoms with Crippen LogP contribution in [-0.4, -0.2) is 91.4 Å². The second-order valence-corrected chi connectivity index (χ2v) is 15.5. The van der Waals surface area contributed by atoms with Gasteiger partial charge in [-0.2, -0.15) is 10.2 Å². The standard InChI is InChI=1S/C34H46ClN7O3S/c1-21-29(30-25-19-36-42(27(25)11-10-26(30)35)28-9-7-8-16-44-28)31(39-14-12-38(13-15-39)23(3)43)37-41(21)24-17-34(18-24)20-40(22(34)2)32(46)45-33(4,5)6/h10-11,19,22,24,28H,7-9,12-18,20H2,1-6H3. The van der Waals surface area contributed by atoms with Gasteiger partial charge in [-0.1, -0.05) is 11.6 Å². The number of likely N-dealkylation sites (tertiary alicyclic amines) is 1. The highest BCUT2D eigenvalue weighted by molar-refractivity contribution is 7.80. The number of fused-ring (bicyclic) bond motifs is 1. The first-order chi connectivity index (χ1) is 21.9. The van der Waals surface area contributed by atoms with Crippen molar-refractivity contribution in [2.45, 2.75) is 97.6 Å². The zero-order chi connectivity index (χ0) is 32.5. The molecular formula is C34H46ClN7O3S. The Hall–Kier alpha value is -2.89. The zero-order valence-electron chi connectivity index (χ0n) is 27.9. The third kappa shape index (κ3) is 5.36. The number of amides is 1. The minimum absolute atomic E-state index is 0.0693. The molecule has 7 rings (SSSR count). The molecule has 248 valence electrons. The Morgan fingerprint density at radius 1 is 1.11 bits per heavy atom. The number of carbonyl (C=O) groups is 1. The summed E-state index contributed by atoms with van der Waals surface area (Å²) < 4.78 is 16.4. The number of hydrogen-bond acceptors (Lipinski definition) is 7. The number of hydrogen-bond donors (Lipinski definition) is 0. The average Bonchev–Trinajstić information content (AvgIpc) is 3.57. The normalized spacial score (nSPS) is 26.8. The Kier molecular flexibility index (Phi) is 8.04. The van der Waals surface area contributed by atoms with Crippen LogP contribution in [0, 0.1) is 12.3 Å². The minimum Gasteiger partial charge on any atom is -0.465 e. The van der Waals surface area contributed by atoms with Gasteiger partial charge < -0.3 is 24.2 Å². The quantitative estimate of drug-likeness (QED) is 0.298. The predicted octanol–water partition coefficient (Wildman–Crippen LogP) is 6.35. The average molecular weight is 668 g/mol. The highest BCUT2D eigenvalue weighted by Crippen LogP contribution is 2.59. The van der Waals surface area contributed by atoms with Crippen LogP contribution in [0.3, 0.4) is 0 Å². The molecule has 1 saturated carbocycles. The highest BCUT2D eigenvalue weighted by Gasteiger charge is 2.59. The summed E-state index contributed by atoms with van der Waals surface area (Å²) >= 11 is 12.8. The van der Waals surface area contributed by atoms with Gasteiger partial charge in [0, 0.05) is 84.9 Å². The third-order valence-corrected chi connectivity index (χ3v) is 11.3. The van der Waals surface area contributed by atoms with Crippen molar-refractivity contribution < 1.29 is 14.3 Å². The fourth-order valence-corrected chi connectivity index (χ4v) is 8.72. The molecule has 0 N–H and O–H groups in total. The first-order valence-electron chi connectivity index (χ1n) is 16.7. The van der Waals surface area contributed by atoms with Crippen molar-refractivity contribution in [1.29, 1.82) is 0 Å². The Morgan fingerprint density at radius 3 is 2.48 bits per heavy atom. The SMILES string of the molecule is CC(=O)N1CCN(c2nn(C3CC4(C3)CN(C(=S)OC(C)(C)C)C4C)c(C)c2-c2c(Cl)ccc3c2cnn3C2CCCCO2)CC1. The van der Waals surface area contributed by atoms with Crippen LogP contribution in [0.25, 0.3) is 22.0 Å². The van der Waals surface area contributed by atoms with Crippen molar-refractivity contribution in [3.05, 3.63) is 29.0 Å². The van der Waals surface area contributed by atoms with Crippen LogP contribution in [-0.2, 0) is 14.3 Å². The number of rotatable bonds is 4. The Labute approximate surface area is 281 Å². The van der Waals surface area contributed by atoms with Gasteiger partial charge in [0.05, 0.1) is 17.8 Å². The van der Waals surface area contributed by atoms with E-state index in [1.807, 2.05) is 42.6 Å². The fraction of sp³-hybridized carbons (Fsp3) is 0.647. The number of piperazine rings is 1. The molecule has 46 heavy (non-hydrogen) atoms. The zero-order valence-corrected chi connectivity index (χ0v) is 29.5. The molecule has 5 heterocycles. The predicted molar refractivity (Wildman–Crippen MR) is 184 cm³/mol. The van der Waals surface area contributed by atoms with Crippen LogP contribution < -0.4 is 4.90 Å². The molecule has 2 aromatic heterocycles. The molecule has 1 spiro atoms. The molecule has 3 aliphatic heterocycles. The van der Waals surface area contributed by atoms with E-state index in [9.17, 15) is 4.79 Å². The lowest BCUT2D eigenvalue weighted by Gasteiger charge is -2.64. The van der Waals surface area contributed by atoms with Crippen LogP contribution in [0.4, 0.5) is 5.82 Å². The van der Waals surface area contributed by atoms with Crippen molar-refractivity contribution in [3.8, 4) is 11.1 Å². The number of benzene rings is 1. The van der Waals surface area contributed by atoms with Crippen LogP contribution in [0.1, 0.15) is 84.7 Å². The van der Waals surface area contributed by atoms with E-state index < -0.39 is 0 Å². The lowest BCUT2D eigenvalue weighted by molar-refractivity contribution is -0.129. The van der Waals surface area contributed by atoms with Gasteiger partial charge in [-0.15, -0.1) is 0 Å². The summed E-state index contributed by atoms with van der Waals surface area (Å²) in [6.07, 6.45) is 7.11. The van der Waals surface area contributed by atoms with Gasteiger partial charge in [-0.05, 0) is 91.1 Å². The molecular weight excluding hydrogens is 622 g/mol. The smallest absolute Gasteiger partial charge is 0.260 e. The van der Waals surface area contributed by atoms with Crippen molar-refractivity contribution in [2.24, 2.45) is 5.41 Å². The van der Waals surface area contributed by atoms with Gasteiger partial charge >= 0.3 is 0 Å². The van der Waals surface area contributed by atoms with Crippen LogP contribution in [0.5, 0.6) is 0 Å². The highest BCUT2D eigenvalue weighted by atomic mass is 35.5. The fourth-order valence-electron chi connectivity index (χ4n) is 7.99. The number of nitrogens with zero attached hydrogens (tertiary/aromatic N) is 7. The largest absolute Gasteiger partial charge is 0.465 e. The van der Waals surface area contributed by atoms with E-state index in [1.165, 1.54) is 0 Å². The van der Waals surface area contributed by atoms with Crippen LogP contribution >= 0.6 is 23.8 Å². The van der Waals surface area contributed by atoms with E-state index in [4.69, 9.17) is 43.5 Å². The lowest BCUT2D eigenvalue weighted by atomic mass is 9.56. The van der Waals surface area contributed by atoms with Gasteiger partial charge in [-0.3, -0.25) is 9.48 Å². The van der Waals surface area contributed by atoms with Crippen molar-refractivity contribution in [3.63, 3.8) is 0 Å². The minimum atomic E-state index is -0.305. The number of thiocarbonyl (C=S) groups is 1. The van der Waals surface area contributed by atoms with Gasteiger partial charge in [0.15, 0.2) is 12.0 Å². The summed E-state index contributed by atoms with van der Waals surface area (Å²) in [5.41, 5.74) is 4.05. The van der Waals surface area contributed by atoms with Gasteiger partial charge in [0.25, 0.3) is 5.17 Å². The van der Waals surface area contributed by atoms with E-state index in [0.29, 0.717) is 29.3 Å². The molecule has 1 amide bonds. The molecule has 4 aliphatic rings. The summed E-state index contributed by atoms with van der Waals surface area (Å²) in [6.45, 7) is 16.7. The molecule has 3 aromatic rings. The van der Waals surface area contributed by atoms with E-state index in [-0.39, 0.29) is 29.2 Å². The van der Waals surface area contributed by atoms with E-state index >= 15 is 0 Å². The topological polar surface area (TPSA) is 80.9 Å². The Bertz CT molecular complexity index is 1660. The van der Waals surface area contributed by atoms with Gasteiger partial charge in [0.1, 0.15) is 5.60 Å². The van der Waals surface area contributed by atoms with E-state index in [1.54, 1.807) is 6.92 Å². The number of halogens is 1. The van der Waals surface area contributed by atoms with Gasteiger partial charge in [-0.25, -0.2) is 4.68 Å². The number of aromatic nitrogens is 4. The number of carbonyl (C=O) groups excluding carboxylic acids is 1. The van der Waals surface area contributed by atoms with Crippen molar-refractivity contribution >= 4 is 51.6 Å². The van der Waals surface area contributed by atoms with Crippen molar-refractivity contribution in [2.75, 3.05) is 44.2 Å². The summed E-state index contributed by atoms with van der Waals surface area (Å²) in [7, 11) is 0. The Balaban J connectivity index is 1.22. The lowest BCUT2D eigenvalue weighted by Crippen LogP contribution is -2.70. The second-order valence-electron chi connectivity index (χ2n) is 14.7. The maximum atomic E-state index is 12.1. The Morgan fingerprint density at radius 2 is 1.85 bits per heavy atom.